The van der Waals surface area contributed by atoms with E-state index in [1.54, 1.807) is 6.92 Å². The number of aliphatic hydroxyl groups is 2. The van der Waals surface area contributed by atoms with E-state index in [0.717, 1.165) is 0 Å². The highest BCUT2D eigenvalue weighted by Crippen LogP contribution is 2.23. The summed E-state index contributed by atoms with van der Waals surface area (Å²) in [6.07, 6.45) is -1.11. The summed E-state index contributed by atoms with van der Waals surface area (Å²) < 4.78 is 5.14. The fraction of sp³-hybridized carbons (Fsp3) is 0.714. The van der Waals surface area contributed by atoms with Crippen LogP contribution in [0.15, 0.2) is 12.2 Å². The summed E-state index contributed by atoms with van der Waals surface area (Å²) >= 11 is 0. The molecule has 3 N–H and O–H groups in total. The molecule has 3 unspecified atom stereocenters. The lowest BCUT2D eigenvalue weighted by Gasteiger charge is -2.29. The van der Waals surface area contributed by atoms with Crippen molar-refractivity contribution < 1.29 is 29.6 Å². The van der Waals surface area contributed by atoms with Gasteiger partial charge in [-0.2, -0.15) is 0 Å². The number of rotatable bonds is 6. The van der Waals surface area contributed by atoms with Gasteiger partial charge in [-0.25, -0.2) is 0 Å². The molecule has 1 aliphatic carbocycles. The molecule has 0 saturated heterocycles. The average Bonchev–Trinajstić information content (AvgIpc) is 2.25. The summed E-state index contributed by atoms with van der Waals surface area (Å²) in [6.45, 7) is 5.34. The summed E-state index contributed by atoms with van der Waals surface area (Å²) in [5.41, 5.74) is 0.689. The van der Waals surface area contributed by atoms with Crippen molar-refractivity contribution in [1.82, 2.24) is 0 Å². The summed E-state index contributed by atoms with van der Waals surface area (Å²) in [4.78, 5) is 22.8. The van der Waals surface area contributed by atoms with Gasteiger partial charge in [0.25, 0.3) is 0 Å². The van der Waals surface area contributed by atoms with E-state index < -0.39 is 36.2 Å². The van der Waals surface area contributed by atoms with Gasteiger partial charge < -0.3 is 20.1 Å². The SMILES string of the molecule is C=C(C)CC(CC(=O)OC1CC(O)CC(O)C1)C(=O)O. The molecule has 1 aliphatic rings. The minimum atomic E-state index is -1.06. The van der Waals surface area contributed by atoms with Crippen molar-refractivity contribution in [2.45, 2.75) is 57.3 Å². The number of carboxylic acids is 1. The van der Waals surface area contributed by atoms with Crippen LogP contribution in [0.3, 0.4) is 0 Å². The number of aliphatic carboxylic acids is 1. The van der Waals surface area contributed by atoms with Gasteiger partial charge in [-0.05, 0) is 19.8 Å². The number of esters is 1. The number of ether oxygens (including phenoxy) is 1. The molecule has 0 aliphatic heterocycles. The minimum Gasteiger partial charge on any atom is -0.481 e. The van der Waals surface area contributed by atoms with Crippen LogP contribution in [0.4, 0.5) is 0 Å². The highest BCUT2D eigenvalue weighted by molar-refractivity contribution is 5.79. The zero-order valence-electron chi connectivity index (χ0n) is 11.6. The molecule has 0 radical (unpaired) electrons. The molecule has 1 fully saturated rings. The predicted octanol–water partition coefficient (Wildman–Crippen LogP) is 0.861. The van der Waals surface area contributed by atoms with E-state index in [9.17, 15) is 19.8 Å². The molecular weight excluding hydrogens is 264 g/mol. The van der Waals surface area contributed by atoms with Crippen LogP contribution in [-0.2, 0) is 14.3 Å². The molecule has 0 aromatic heterocycles. The van der Waals surface area contributed by atoms with E-state index >= 15 is 0 Å². The van der Waals surface area contributed by atoms with Crippen molar-refractivity contribution >= 4 is 11.9 Å². The molecule has 0 amide bonds. The molecule has 20 heavy (non-hydrogen) atoms. The third-order valence-electron chi connectivity index (χ3n) is 3.27. The van der Waals surface area contributed by atoms with E-state index in [2.05, 4.69) is 6.58 Å². The second-order valence-corrected chi connectivity index (χ2v) is 5.53. The fourth-order valence-electron chi connectivity index (χ4n) is 2.41. The van der Waals surface area contributed by atoms with E-state index in [-0.39, 0.29) is 32.1 Å². The zero-order chi connectivity index (χ0) is 15.3. The topological polar surface area (TPSA) is 104 Å². The van der Waals surface area contributed by atoms with Gasteiger partial charge in [0.2, 0.25) is 0 Å². The molecule has 1 rings (SSSR count). The van der Waals surface area contributed by atoms with Crippen LogP contribution in [-0.4, -0.2) is 45.6 Å². The quantitative estimate of drug-likeness (QED) is 0.494. The van der Waals surface area contributed by atoms with Crippen molar-refractivity contribution in [2.24, 2.45) is 5.92 Å². The van der Waals surface area contributed by atoms with Gasteiger partial charge in [-0.15, -0.1) is 6.58 Å². The monoisotopic (exact) mass is 286 g/mol. The lowest BCUT2D eigenvalue weighted by Crippen LogP contribution is -2.36. The molecule has 114 valence electrons. The van der Waals surface area contributed by atoms with Gasteiger partial charge in [0.15, 0.2) is 0 Å². The Morgan fingerprint density at radius 3 is 2.20 bits per heavy atom. The number of aliphatic hydroxyl groups excluding tert-OH is 2. The van der Waals surface area contributed by atoms with E-state index in [4.69, 9.17) is 9.84 Å². The maximum atomic E-state index is 11.7. The Bertz CT molecular complexity index is 368. The first-order valence-corrected chi connectivity index (χ1v) is 6.70. The van der Waals surface area contributed by atoms with Crippen LogP contribution in [0, 0.1) is 5.92 Å². The number of carbonyl (C=O) groups is 2. The van der Waals surface area contributed by atoms with E-state index in [1.807, 2.05) is 0 Å². The van der Waals surface area contributed by atoms with Crippen molar-refractivity contribution in [3.05, 3.63) is 12.2 Å². The Balaban J connectivity index is 2.48. The molecule has 0 aromatic carbocycles. The Kier molecular flexibility index (Phi) is 6.16. The van der Waals surface area contributed by atoms with Crippen molar-refractivity contribution in [1.29, 1.82) is 0 Å². The molecule has 0 bridgehead atoms. The Labute approximate surface area is 118 Å². The van der Waals surface area contributed by atoms with Crippen LogP contribution in [0.25, 0.3) is 0 Å². The standard InChI is InChI=1S/C14H22O6/c1-8(2)3-9(14(18)19)4-13(17)20-12-6-10(15)5-11(16)7-12/h9-12,15-16H,1,3-7H2,2H3,(H,18,19). The largest absolute Gasteiger partial charge is 0.481 e. The molecule has 0 spiro atoms. The molecule has 0 aromatic rings. The summed E-state index contributed by atoms with van der Waals surface area (Å²) in [5, 5.41) is 28.0. The van der Waals surface area contributed by atoms with Gasteiger partial charge >= 0.3 is 11.9 Å². The van der Waals surface area contributed by atoms with Crippen LogP contribution in [0.1, 0.15) is 39.0 Å². The zero-order valence-corrected chi connectivity index (χ0v) is 11.6. The Morgan fingerprint density at radius 1 is 1.20 bits per heavy atom. The summed E-state index contributed by atoms with van der Waals surface area (Å²) in [6, 6.07) is 0. The van der Waals surface area contributed by atoms with Gasteiger partial charge in [-0.1, -0.05) is 5.57 Å². The fourth-order valence-corrected chi connectivity index (χ4v) is 2.41. The molecular formula is C14H22O6. The normalized spacial score (nSPS) is 27.6. The first-order valence-electron chi connectivity index (χ1n) is 6.70. The third-order valence-corrected chi connectivity index (χ3v) is 3.27. The van der Waals surface area contributed by atoms with Gasteiger partial charge in [0, 0.05) is 12.8 Å². The molecule has 0 heterocycles. The van der Waals surface area contributed by atoms with Crippen molar-refractivity contribution in [2.75, 3.05) is 0 Å². The van der Waals surface area contributed by atoms with Crippen LogP contribution >= 0.6 is 0 Å². The van der Waals surface area contributed by atoms with Crippen LogP contribution in [0.5, 0.6) is 0 Å². The van der Waals surface area contributed by atoms with Crippen LogP contribution < -0.4 is 0 Å². The second-order valence-electron chi connectivity index (χ2n) is 5.53. The average molecular weight is 286 g/mol. The Hall–Kier alpha value is -1.40. The first kappa shape index (κ1) is 16.7. The molecule has 6 heteroatoms. The van der Waals surface area contributed by atoms with E-state index in [0.29, 0.717) is 5.57 Å². The van der Waals surface area contributed by atoms with Gasteiger partial charge in [0.05, 0.1) is 24.5 Å². The van der Waals surface area contributed by atoms with Gasteiger partial charge in [-0.3, -0.25) is 9.59 Å². The predicted molar refractivity (Wildman–Crippen MR) is 70.9 cm³/mol. The molecule has 1 saturated carbocycles. The van der Waals surface area contributed by atoms with Crippen molar-refractivity contribution in [3.8, 4) is 0 Å². The number of allylic oxidation sites excluding steroid dienone is 1. The summed E-state index contributed by atoms with van der Waals surface area (Å²) in [7, 11) is 0. The first-order chi connectivity index (χ1) is 9.27. The number of hydrogen-bond acceptors (Lipinski definition) is 5. The van der Waals surface area contributed by atoms with Crippen molar-refractivity contribution in [3.63, 3.8) is 0 Å². The number of hydrogen-bond donors (Lipinski definition) is 3. The minimum absolute atomic E-state index is 0.223. The number of carboxylic acid groups (broad SMARTS) is 1. The molecule has 6 nitrogen and oxygen atoms in total. The maximum absolute atomic E-state index is 11.7. The highest BCUT2D eigenvalue weighted by atomic mass is 16.5. The lowest BCUT2D eigenvalue weighted by molar-refractivity contribution is -0.159. The molecule has 3 atom stereocenters. The highest BCUT2D eigenvalue weighted by Gasteiger charge is 2.30. The smallest absolute Gasteiger partial charge is 0.307 e. The van der Waals surface area contributed by atoms with Crippen LogP contribution in [0.2, 0.25) is 0 Å². The summed E-state index contributed by atoms with van der Waals surface area (Å²) in [5.74, 6) is -2.53. The Morgan fingerprint density at radius 2 is 1.75 bits per heavy atom. The third kappa shape index (κ3) is 5.71. The number of carbonyl (C=O) groups excluding carboxylic acids is 1. The van der Waals surface area contributed by atoms with Gasteiger partial charge in [0.1, 0.15) is 6.10 Å². The lowest BCUT2D eigenvalue weighted by atomic mass is 9.92. The van der Waals surface area contributed by atoms with E-state index in [1.165, 1.54) is 0 Å². The maximum Gasteiger partial charge on any atom is 0.307 e. The second kappa shape index (κ2) is 7.40.